The van der Waals surface area contributed by atoms with Gasteiger partial charge in [0.25, 0.3) is 5.91 Å². The second-order valence-corrected chi connectivity index (χ2v) is 2.77. The van der Waals surface area contributed by atoms with E-state index >= 15 is 0 Å². The average Bonchev–Trinajstić information content (AvgIpc) is 2.28. The van der Waals surface area contributed by atoms with Crippen LogP contribution in [0.4, 0.5) is 0 Å². The van der Waals surface area contributed by atoms with Gasteiger partial charge in [-0.05, 0) is 25.1 Å². The summed E-state index contributed by atoms with van der Waals surface area (Å²) < 4.78 is 4.79. The summed E-state index contributed by atoms with van der Waals surface area (Å²) in [5, 5.41) is 0. The Kier molecular flexibility index (Phi) is 3.82. The van der Waals surface area contributed by atoms with Crippen LogP contribution in [0.25, 0.3) is 0 Å². The third kappa shape index (κ3) is 2.78. The molecule has 1 aromatic carbocycles. The molecule has 1 aromatic rings. The number of ether oxygens (including phenoxy) is 1. The number of carbonyl (C=O) groups is 2. The Balaban J connectivity index is 2.92. The predicted octanol–water partition coefficient (Wildman–Crippen LogP) is 0.467. The largest absolute Gasteiger partial charge is 0.462 e. The molecule has 0 bridgehead atoms. The maximum absolute atomic E-state index is 11.3. The van der Waals surface area contributed by atoms with Crippen molar-refractivity contribution in [2.24, 2.45) is 5.84 Å². The van der Waals surface area contributed by atoms with Gasteiger partial charge >= 0.3 is 5.97 Å². The summed E-state index contributed by atoms with van der Waals surface area (Å²) in [6.07, 6.45) is 0. The molecule has 0 radical (unpaired) electrons. The van der Waals surface area contributed by atoms with Crippen molar-refractivity contribution in [3.63, 3.8) is 0 Å². The van der Waals surface area contributed by atoms with E-state index in [-0.39, 0.29) is 0 Å². The van der Waals surface area contributed by atoms with Crippen LogP contribution < -0.4 is 11.3 Å². The molecule has 0 aromatic heterocycles. The van der Waals surface area contributed by atoms with Crippen molar-refractivity contribution in [3.8, 4) is 0 Å². The third-order valence-electron chi connectivity index (χ3n) is 1.77. The number of nitrogens with one attached hydrogen (secondary N) is 1. The Morgan fingerprint density at radius 3 is 2.67 bits per heavy atom. The molecule has 5 nitrogen and oxygen atoms in total. The second kappa shape index (κ2) is 5.11. The molecule has 1 amide bonds. The van der Waals surface area contributed by atoms with Gasteiger partial charge in [-0.15, -0.1) is 0 Å². The lowest BCUT2D eigenvalue weighted by atomic mass is 10.1. The molecule has 0 aliphatic heterocycles. The normalized spacial score (nSPS) is 9.47. The minimum Gasteiger partial charge on any atom is -0.462 e. The van der Waals surface area contributed by atoms with Gasteiger partial charge in [-0.1, -0.05) is 6.07 Å². The molecule has 5 heteroatoms. The fourth-order valence-corrected chi connectivity index (χ4v) is 1.09. The average molecular weight is 208 g/mol. The van der Waals surface area contributed by atoms with E-state index in [9.17, 15) is 9.59 Å². The van der Waals surface area contributed by atoms with E-state index in [1.807, 2.05) is 5.43 Å². The molecule has 15 heavy (non-hydrogen) atoms. The number of carbonyl (C=O) groups excluding carboxylic acids is 2. The van der Waals surface area contributed by atoms with Gasteiger partial charge in [0.05, 0.1) is 12.2 Å². The Hall–Kier alpha value is -1.88. The zero-order chi connectivity index (χ0) is 11.3. The SMILES string of the molecule is CCOC(=O)c1cccc(C(=O)NN)c1. The van der Waals surface area contributed by atoms with Crippen LogP contribution in [-0.2, 0) is 4.74 Å². The third-order valence-corrected chi connectivity index (χ3v) is 1.77. The highest BCUT2D eigenvalue weighted by molar-refractivity contribution is 5.97. The zero-order valence-electron chi connectivity index (χ0n) is 8.32. The predicted molar refractivity (Wildman–Crippen MR) is 54.1 cm³/mol. The smallest absolute Gasteiger partial charge is 0.338 e. The fourth-order valence-electron chi connectivity index (χ4n) is 1.09. The summed E-state index contributed by atoms with van der Waals surface area (Å²) in [6, 6.07) is 6.16. The molecule has 80 valence electrons. The van der Waals surface area contributed by atoms with E-state index in [1.54, 1.807) is 25.1 Å². The number of hydrazine groups is 1. The van der Waals surface area contributed by atoms with E-state index in [0.717, 1.165) is 0 Å². The second-order valence-electron chi connectivity index (χ2n) is 2.77. The van der Waals surface area contributed by atoms with Crippen LogP contribution in [0.15, 0.2) is 24.3 Å². The van der Waals surface area contributed by atoms with Crippen molar-refractivity contribution in [1.82, 2.24) is 5.43 Å². The first-order chi connectivity index (χ1) is 7.19. The highest BCUT2D eigenvalue weighted by Gasteiger charge is 2.09. The first kappa shape index (κ1) is 11.2. The summed E-state index contributed by atoms with van der Waals surface area (Å²) in [5.41, 5.74) is 2.64. The van der Waals surface area contributed by atoms with E-state index < -0.39 is 11.9 Å². The summed E-state index contributed by atoms with van der Waals surface area (Å²) >= 11 is 0. The van der Waals surface area contributed by atoms with Gasteiger partial charge in [0.2, 0.25) is 0 Å². The molecule has 0 heterocycles. The van der Waals surface area contributed by atoms with Gasteiger partial charge in [0.15, 0.2) is 0 Å². The van der Waals surface area contributed by atoms with Gasteiger partial charge in [0.1, 0.15) is 0 Å². The Bertz CT molecular complexity index is 377. The lowest BCUT2D eigenvalue weighted by Gasteiger charge is -2.03. The van der Waals surface area contributed by atoms with Gasteiger partial charge in [0, 0.05) is 5.56 Å². The molecule has 3 N–H and O–H groups in total. The number of nitrogens with two attached hydrogens (primary N) is 1. The van der Waals surface area contributed by atoms with Crippen molar-refractivity contribution in [2.75, 3.05) is 6.61 Å². The van der Waals surface area contributed by atoms with Crippen LogP contribution in [0.1, 0.15) is 27.6 Å². The van der Waals surface area contributed by atoms with Crippen LogP contribution in [0.5, 0.6) is 0 Å². The quantitative estimate of drug-likeness (QED) is 0.327. The highest BCUT2D eigenvalue weighted by atomic mass is 16.5. The number of hydrogen-bond acceptors (Lipinski definition) is 4. The number of benzene rings is 1. The fraction of sp³-hybridized carbons (Fsp3) is 0.200. The molecule has 0 atom stereocenters. The van der Waals surface area contributed by atoms with E-state index in [2.05, 4.69) is 0 Å². The van der Waals surface area contributed by atoms with Gasteiger partial charge in [-0.25, -0.2) is 10.6 Å². The van der Waals surface area contributed by atoms with Crippen LogP contribution in [0.2, 0.25) is 0 Å². The number of rotatable bonds is 3. The number of hydrogen-bond donors (Lipinski definition) is 2. The summed E-state index contributed by atoms with van der Waals surface area (Å²) in [7, 11) is 0. The monoisotopic (exact) mass is 208 g/mol. The maximum Gasteiger partial charge on any atom is 0.338 e. The summed E-state index contributed by atoms with van der Waals surface area (Å²) in [5.74, 6) is 4.08. The molecule has 0 fully saturated rings. The molecular formula is C10H12N2O3. The van der Waals surface area contributed by atoms with Crippen LogP contribution in [-0.4, -0.2) is 18.5 Å². The van der Waals surface area contributed by atoms with E-state index in [1.165, 1.54) is 6.07 Å². The summed E-state index contributed by atoms with van der Waals surface area (Å²) in [6.45, 7) is 2.01. The molecule has 0 saturated carbocycles. The number of amides is 1. The molecule has 0 aliphatic rings. The van der Waals surface area contributed by atoms with Crippen molar-refractivity contribution < 1.29 is 14.3 Å². The van der Waals surface area contributed by atoms with Crippen molar-refractivity contribution in [1.29, 1.82) is 0 Å². The summed E-state index contributed by atoms with van der Waals surface area (Å²) in [4.78, 5) is 22.5. The van der Waals surface area contributed by atoms with Crippen molar-refractivity contribution in [3.05, 3.63) is 35.4 Å². The van der Waals surface area contributed by atoms with Crippen LogP contribution in [0.3, 0.4) is 0 Å². The molecule has 0 spiro atoms. The van der Waals surface area contributed by atoms with Gasteiger partial charge < -0.3 is 4.74 Å². The first-order valence-electron chi connectivity index (χ1n) is 4.47. The lowest BCUT2D eigenvalue weighted by molar-refractivity contribution is 0.0526. The molecule has 0 unspecified atom stereocenters. The van der Waals surface area contributed by atoms with E-state index in [4.69, 9.17) is 10.6 Å². The zero-order valence-corrected chi connectivity index (χ0v) is 8.32. The molecule has 0 aliphatic carbocycles. The standard InChI is InChI=1S/C10H12N2O3/c1-2-15-10(14)8-5-3-4-7(6-8)9(13)12-11/h3-6H,2,11H2,1H3,(H,12,13). The van der Waals surface area contributed by atoms with Crippen molar-refractivity contribution in [2.45, 2.75) is 6.92 Å². The lowest BCUT2D eigenvalue weighted by Crippen LogP contribution is -2.30. The minimum atomic E-state index is -0.454. The molecular weight excluding hydrogens is 196 g/mol. The topological polar surface area (TPSA) is 81.4 Å². The highest BCUT2D eigenvalue weighted by Crippen LogP contribution is 2.06. The molecule has 0 saturated heterocycles. The Morgan fingerprint density at radius 2 is 2.07 bits per heavy atom. The van der Waals surface area contributed by atoms with Crippen LogP contribution >= 0.6 is 0 Å². The van der Waals surface area contributed by atoms with Crippen molar-refractivity contribution >= 4 is 11.9 Å². The Morgan fingerprint density at radius 1 is 1.40 bits per heavy atom. The molecule has 1 rings (SSSR count). The number of esters is 1. The number of nitrogen functional groups attached to an aromatic ring is 1. The van der Waals surface area contributed by atoms with Gasteiger partial charge in [-0.2, -0.15) is 0 Å². The minimum absolute atomic E-state index is 0.298. The van der Waals surface area contributed by atoms with Crippen LogP contribution in [0, 0.1) is 0 Å². The van der Waals surface area contributed by atoms with E-state index in [0.29, 0.717) is 17.7 Å². The maximum atomic E-state index is 11.3. The van der Waals surface area contributed by atoms with Gasteiger partial charge in [-0.3, -0.25) is 10.2 Å². The Labute approximate surface area is 87.2 Å². The first-order valence-corrected chi connectivity index (χ1v) is 4.47.